The normalized spacial score (nSPS) is 22.5. The highest BCUT2D eigenvalue weighted by Gasteiger charge is 2.49. The van der Waals surface area contributed by atoms with Crippen LogP contribution in [-0.4, -0.2) is 34.3 Å². The van der Waals surface area contributed by atoms with Crippen LogP contribution < -0.4 is 5.73 Å². The molecule has 0 aromatic rings. The molecule has 1 rings (SSSR count). The van der Waals surface area contributed by atoms with Gasteiger partial charge >= 0.3 is 12.1 Å². The van der Waals surface area contributed by atoms with Gasteiger partial charge in [0.1, 0.15) is 6.10 Å². The number of nitrogens with zero attached hydrogens (tertiary/aromatic N) is 1. The summed E-state index contributed by atoms with van der Waals surface area (Å²) in [6, 6.07) is 0. The van der Waals surface area contributed by atoms with Crippen molar-refractivity contribution in [2.75, 3.05) is 0 Å². The van der Waals surface area contributed by atoms with E-state index in [1.807, 2.05) is 27.7 Å². The van der Waals surface area contributed by atoms with E-state index in [-0.39, 0.29) is 6.10 Å². The maximum atomic E-state index is 11.3. The van der Waals surface area contributed by atoms with Gasteiger partial charge in [-0.1, -0.05) is 6.58 Å². The van der Waals surface area contributed by atoms with Gasteiger partial charge in [-0.05, 0) is 27.7 Å². The SMILES string of the molecule is C=CC(=O)OC1CC(C)(C)N(OC(N)=O)C(C)(C)C1. The number of rotatable bonds is 3. The van der Waals surface area contributed by atoms with Crippen LogP contribution in [0.3, 0.4) is 0 Å². The molecule has 1 aliphatic rings. The average molecular weight is 270 g/mol. The third kappa shape index (κ3) is 3.70. The Morgan fingerprint density at radius 2 is 1.74 bits per heavy atom. The highest BCUT2D eigenvalue weighted by molar-refractivity contribution is 5.81. The van der Waals surface area contributed by atoms with Crippen molar-refractivity contribution in [1.82, 2.24) is 5.06 Å². The predicted molar refractivity (Wildman–Crippen MR) is 70.0 cm³/mol. The highest BCUT2D eigenvalue weighted by atomic mass is 16.7. The van der Waals surface area contributed by atoms with E-state index in [1.165, 1.54) is 0 Å². The van der Waals surface area contributed by atoms with E-state index >= 15 is 0 Å². The third-order valence-electron chi connectivity index (χ3n) is 3.18. The summed E-state index contributed by atoms with van der Waals surface area (Å²) in [5.74, 6) is -0.444. The predicted octanol–water partition coefficient (Wildman–Crippen LogP) is 1.75. The van der Waals surface area contributed by atoms with E-state index in [2.05, 4.69) is 6.58 Å². The summed E-state index contributed by atoms with van der Waals surface area (Å²) in [5, 5.41) is 1.58. The number of hydroxylamine groups is 2. The van der Waals surface area contributed by atoms with Gasteiger partial charge < -0.3 is 15.3 Å². The van der Waals surface area contributed by atoms with Gasteiger partial charge in [-0.2, -0.15) is 0 Å². The van der Waals surface area contributed by atoms with Crippen molar-refractivity contribution >= 4 is 12.1 Å². The van der Waals surface area contributed by atoms with Gasteiger partial charge in [0.25, 0.3) is 0 Å². The Labute approximate surface area is 113 Å². The smallest absolute Gasteiger partial charge is 0.423 e. The molecule has 0 aromatic carbocycles. The van der Waals surface area contributed by atoms with Crippen LogP contribution in [0, 0.1) is 0 Å². The molecule has 1 aliphatic heterocycles. The average Bonchev–Trinajstić information content (AvgIpc) is 2.22. The summed E-state index contributed by atoms with van der Waals surface area (Å²) >= 11 is 0. The minimum atomic E-state index is -0.845. The summed E-state index contributed by atoms with van der Waals surface area (Å²) < 4.78 is 5.31. The molecule has 0 atom stereocenters. The lowest BCUT2D eigenvalue weighted by Gasteiger charge is -2.51. The fourth-order valence-corrected chi connectivity index (χ4v) is 2.80. The molecule has 19 heavy (non-hydrogen) atoms. The second kappa shape index (κ2) is 5.21. The van der Waals surface area contributed by atoms with Crippen LogP contribution in [-0.2, 0) is 14.4 Å². The molecule has 0 spiro atoms. The maximum Gasteiger partial charge on any atom is 0.423 e. The zero-order chi connectivity index (χ0) is 14.8. The first-order valence-electron chi connectivity index (χ1n) is 6.19. The summed E-state index contributed by atoms with van der Waals surface area (Å²) in [6.07, 6.45) is 1.14. The van der Waals surface area contributed by atoms with Crippen molar-refractivity contribution in [3.05, 3.63) is 12.7 Å². The molecule has 2 N–H and O–H groups in total. The zero-order valence-electron chi connectivity index (χ0n) is 11.9. The maximum absolute atomic E-state index is 11.3. The number of esters is 1. The number of carbonyl (C=O) groups is 2. The molecule has 0 unspecified atom stereocenters. The molecule has 1 saturated heterocycles. The van der Waals surface area contributed by atoms with Crippen molar-refractivity contribution in [3.8, 4) is 0 Å². The lowest BCUT2D eigenvalue weighted by molar-refractivity contribution is -0.254. The molecule has 6 heteroatoms. The van der Waals surface area contributed by atoms with Gasteiger partial charge in [-0.25, -0.2) is 9.59 Å². The number of amides is 1. The minimum Gasteiger partial charge on any atom is -0.459 e. The number of hydrogen-bond acceptors (Lipinski definition) is 5. The van der Waals surface area contributed by atoms with E-state index in [9.17, 15) is 9.59 Å². The third-order valence-corrected chi connectivity index (χ3v) is 3.18. The standard InChI is InChI=1S/C13H22N2O4/c1-6-10(16)18-9-7-12(2,3)15(19-11(14)17)13(4,5)8-9/h6,9H,1,7-8H2,2-5H3,(H2,14,17). The Morgan fingerprint density at radius 1 is 1.26 bits per heavy atom. The van der Waals surface area contributed by atoms with Crippen molar-refractivity contribution < 1.29 is 19.2 Å². The molecule has 1 amide bonds. The molecule has 6 nitrogen and oxygen atoms in total. The topological polar surface area (TPSA) is 81.9 Å². The lowest BCUT2D eigenvalue weighted by atomic mass is 9.80. The summed E-state index contributed by atoms with van der Waals surface area (Å²) in [5.41, 5.74) is 4.13. The highest BCUT2D eigenvalue weighted by Crippen LogP contribution is 2.39. The van der Waals surface area contributed by atoms with Gasteiger partial charge in [0, 0.05) is 18.9 Å². The van der Waals surface area contributed by atoms with Crippen LogP contribution in [0.2, 0.25) is 0 Å². The fourth-order valence-electron chi connectivity index (χ4n) is 2.80. The Kier molecular flexibility index (Phi) is 4.25. The van der Waals surface area contributed by atoms with Gasteiger partial charge in [-0.15, -0.1) is 5.06 Å². The molecule has 0 saturated carbocycles. The van der Waals surface area contributed by atoms with Crippen LogP contribution in [0.4, 0.5) is 4.79 Å². The van der Waals surface area contributed by atoms with Crippen LogP contribution in [0.15, 0.2) is 12.7 Å². The van der Waals surface area contributed by atoms with Crippen LogP contribution in [0.5, 0.6) is 0 Å². The van der Waals surface area contributed by atoms with E-state index < -0.39 is 23.1 Å². The number of hydrogen-bond donors (Lipinski definition) is 1. The van der Waals surface area contributed by atoms with Crippen molar-refractivity contribution in [2.45, 2.75) is 57.7 Å². The molecule has 0 bridgehead atoms. The Bertz CT molecular complexity index is 372. The quantitative estimate of drug-likeness (QED) is 0.624. The Morgan fingerprint density at radius 3 is 2.11 bits per heavy atom. The summed E-state index contributed by atoms with van der Waals surface area (Å²) in [6.45, 7) is 11.0. The van der Waals surface area contributed by atoms with Gasteiger partial charge in [0.05, 0.1) is 11.1 Å². The Hall–Kier alpha value is -1.56. The Balaban J connectivity index is 2.89. The largest absolute Gasteiger partial charge is 0.459 e. The number of piperidine rings is 1. The van der Waals surface area contributed by atoms with Gasteiger partial charge in [0.15, 0.2) is 0 Å². The first kappa shape index (κ1) is 15.5. The lowest BCUT2D eigenvalue weighted by Crippen LogP contribution is -2.62. The zero-order valence-corrected chi connectivity index (χ0v) is 11.9. The number of carbonyl (C=O) groups excluding carboxylic acids is 2. The van der Waals surface area contributed by atoms with Crippen molar-refractivity contribution in [1.29, 1.82) is 0 Å². The van der Waals surface area contributed by atoms with Crippen molar-refractivity contribution in [3.63, 3.8) is 0 Å². The van der Waals surface area contributed by atoms with Crippen molar-refractivity contribution in [2.24, 2.45) is 5.73 Å². The molecule has 108 valence electrons. The molecule has 0 aliphatic carbocycles. The summed E-state index contributed by atoms with van der Waals surface area (Å²) in [4.78, 5) is 27.4. The second-order valence-electron chi connectivity index (χ2n) is 6.00. The molecular weight excluding hydrogens is 248 g/mol. The number of ether oxygens (including phenoxy) is 1. The number of nitrogens with two attached hydrogens (primary N) is 1. The van der Waals surface area contributed by atoms with Crippen LogP contribution in [0.25, 0.3) is 0 Å². The van der Waals surface area contributed by atoms with E-state index in [4.69, 9.17) is 15.3 Å². The monoisotopic (exact) mass is 270 g/mol. The molecule has 0 radical (unpaired) electrons. The van der Waals surface area contributed by atoms with Crippen LogP contribution in [0.1, 0.15) is 40.5 Å². The molecule has 1 fully saturated rings. The molecule has 0 aromatic heterocycles. The van der Waals surface area contributed by atoms with Crippen LogP contribution >= 0.6 is 0 Å². The minimum absolute atomic E-state index is 0.247. The van der Waals surface area contributed by atoms with E-state index in [1.54, 1.807) is 5.06 Å². The summed E-state index contributed by atoms with van der Waals surface area (Å²) in [7, 11) is 0. The first-order valence-corrected chi connectivity index (χ1v) is 6.19. The fraction of sp³-hybridized carbons (Fsp3) is 0.692. The van der Waals surface area contributed by atoms with Gasteiger partial charge in [0.2, 0.25) is 0 Å². The van der Waals surface area contributed by atoms with Gasteiger partial charge in [-0.3, -0.25) is 0 Å². The molecular formula is C13H22N2O4. The first-order chi connectivity index (χ1) is 8.58. The van der Waals surface area contributed by atoms with E-state index in [0.29, 0.717) is 12.8 Å². The van der Waals surface area contributed by atoms with E-state index in [0.717, 1.165) is 6.08 Å². The second-order valence-corrected chi connectivity index (χ2v) is 6.00. The number of primary amides is 1. The molecule has 1 heterocycles.